The first kappa shape index (κ1) is 14.0. The van der Waals surface area contributed by atoms with Gasteiger partial charge in [-0.1, -0.05) is 41.4 Å². The van der Waals surface area contributed by atoms with E-state index in [2.05, 4.69) is 15.5 Å². The number of hydrogen-bond donors (Lipinski definition) is 1. The Morgan fingerprint density at radius 1 is 1.35 bits per heavy atom. The van der Waals surface area contributed by atoms with Gasteiger partial charge < -0.3 is 5.32 Å². The molecule has 8 heteroatoms. The molecule has 2 aromatic heterocycles. The largest absolute Gasteiger partial charge is 0.355 e. The van der Waals surface area contributed by atoms with E-state index < -0.39 is 0 Å². The molecule has 1 fully saturated rings. The number of thioether (sulfide) groups is 1. The Morgan fingerprint density at radius 2 is 2.20 bits per heavy atom. The van der Waals surface area contributed by atoms with Gasteiger partial charge >= 0.3 is 0 Å². The molecular weight excluding hydrogens is 319 g/mol. The van der Waals surface area contributed by atoms with Gasteiger partial charge in [-0.3, -0.25) is 9.20 Å². The molecule has 1 N–H and O–H groups in total. The van der Waals surface area contributed by atoms with Gasteiger partial charge in [0.2, 0.25) is 5.91 Å². The molecular formula is C12H12Cl2N4OS. The molecule has 1 amide bonds. The van der Waals surface area contributed by atoms with Crippen molar-refractivity contribution in [2.24, 2.45) is 0 Å². The number of pyridine rings is 1. The summed E-state index contributed by atoms with van der Waals surface area (Å²) in [5.74, 6) is 0.0531. The summed E-state index contributed by atoms with van der Waals surface area (Å²) in [6, 6.07) is 1.62. The Balaban J connectivity index is 1.92. The van der Waals surface area contributed by atoms with Crippen molar-refractivity contribution in [2.75, 3.05) is 6.54 Å². The molecule has 1 aliphatic rings. The van der Waals surface area contributed by atoms with Crippen molar-refractivity contribution in [3.8, 4) is 0 Å². The number of hydrogen-bond acceptors (Lipinski definition) is 4. The summed E-state index contributed by atoms with van der Waals surface area (Å²) in [6.07, 6.45) is 4.58. The van der Waals surface area contributed by atoms with Gasteiger partial charge in [0, 0.05) is 12.7 Å². The lowest BCUT2D eigenvalue weighted by molar-refractivity contribution is -0.120. The van der Waals surface area contributed by atoms with Crippen LogP contribution in [-0.2, 0) is 4.79 Å². The molecule has 2 aromatic rings. The van der Waals surface area contributed by atoms with Gasteiger partial charge in [-0.05, 0) is 18.9 Å². The van der Waals surface area contributed by atoms with Gasteiger partial charge in [-0.2, -0.15) is 0 Å². The fourth-order valence-corrected chi connectivity index (χ4v) is 3.71. The number of amides is 1. The van der Waals surface area contributed by atoms with Gasteiger partial charge in [0.05, 0.1) is 15.3 Å². The fourth-order valence-electron chi connectivity index (χ4n) is 2.13. The molecule has 3 rings (SSSR count). The van der Waals surface area contributed by atoms with Crippen LogP contribution in [0.1, 0.15) is 19.3 Å². The van der Waals surface area contributed by atoms with Gasteiger partial charge in [0.15, 0.2) is 10.8 Å². The lowest BCUT2D eigenvalue weighted by atomic mass is 10.2. The molecule has 0 aromatic carbocycles. The Bertz CT molecular complexity index is 660. The van der Waals surface area contributed by atoms with Crippen LogP contribution < -0.4 is 5.32 Å². The van der Waals surface area contributed by atoms with Crippen LogP contribution in [-0.4, -0.2) is 32.3 Å². The number of halogens is 2. The Kier molecular flexibility index (Phi) is 4.05. The molecule has 0 saturated carbocycles. The highest BCUT2D eigenvalue weighted by Gasteiger charge is 2.24. The van der Waals surface area contributed by atoms with E-state index in [9.17, 15) is 4.79 Å². The summed E-state index contributed by atoms with van der Waals surface area (Å²) in [5.41, 5.74) is 0.549. The molecule has 20 heavy (non-hydrogen) atoms. The van der Waals surface area contributed by atoms with E-state index in [0.717, 1.165) is 25.8 Å². The summed E-state index contributed by atoms with van der Waals surface area (Å²) < 4.78 is 1.73. The standard InChI is InChI=1S/C12H12Cl2N4OS/c13-7-5-8(14)10-16-17-12(18(10)6-7)20-9-3-1-2-4-15-11(9)19/h5-6,9H,1-4H2,(H,15,19)/t9-/m0/s1. The Morgan fingerprint density at radius 3 is 3.05 bits per heavy atom. The van der Waals surface area contributed by atoms with Crippen LogP contribution in [0.4, 0.5) is 0 Å². The number of carbonyl (C=O) groups excluding carboxylic acids is 1. The van der Waals surface area contributed by atoms with Crippen molar-refractivity contribution in [3.63, 3.8) is 0 Å². The second-order valence-corrected chi connectivity index (χ2v) is 6.59. The minimum atomic E-state index is -0.150. The van der Waals surface area contributed by atoms with Crippen LogP contribution in [0.15, 0.2) is 17.4 Å². The molecule has 0 unspecified atom stereocenters. The SMILES string of the molecule is O=C1NCCCC[C@@H]1Sc1nnc2c(Cl)cc(Cl)cn12. The van der Waals surface area contributed by atoms with Crippen molar-refractivity contribution in [3.05, 3.63) is 22.3 Å². The molecule has 1 saturated heterocycles. The maximum absolute atomic E-state index is 12.0. The molecule has 1 atom stereocenters. The predicted molar refractivity (Wildman–Crippen MR) is 79.5 cm³/mol. The normalized spacial score (nSPS) is 19.9. The van der Waals surface area contributed by atoms with Crippen LogP contribution in [0.25, 0.3) is 5.65 Å². The summed E-state index contributed by atoms with van der Waals surface area (Å²) in [5, 5.41) is 12.5. The van der Waals surface area contributed by atoms with Crippen molar-refractivity contribution in [1.82, 2.24) is 19.9 Å². The van der Waals surface area contributed by atoms with E-state index >= 15 is 0 Å². The second kappa shape index (κ2) is 5.79. The van der Waals surface area contributed by atoms with Crippen LogP contribution in [0.3, 0.4) is 0 Å². The van der Waals surface area contributed by atoms with Crippen molar-refractivity contribution in [2.45, 2.75) is 29.7 Å². The maximum Gasteiger partial charge on any atom is 0.233 e. The van der Waals surface area contributed by atoms with E-state index in [1.54, 1.807) is 16.7 Å². The van der Waals surface area contributed by atoms with Crippen LogP contribution in [0.2, 0.25) is 10.0 Å². The van der Waals surface area contributed by atoms with Crippen LogP contribution >= 0.6 is 35.0 Å². The van der Waals surface area contributed by atoms with Crippen molar-refractivity contribution in [1.29, 1.82) is 0 Å². The fraction of sp³-hybridized carbons (Fsp3) is 0.417. The topological polar surface area (TPSA) is 59.3 Å². The van der Waals surface area contributed by atoms with Crippen molar-refractivity contribution < 1.29 is 4.79 Å². The average Bonchev–Trinajstić information content (AvgIpc) is 2.68. The first-order chi connectivity index (χ1) is 9.65. The first-order valence-electron chi connectivity index (χ1n) is 6.29. The lowest BCUT2D eigenvalue weighted by Gasteiger charge is -2.11. The van der Waals surface area contributed by atoms with Crippen LogP contribution in [0, 0.1) is 0 Å². The molecule has 5 nitrogen and oxygen atoms in total. The monoisotopic (exact) mass is 330 g/mol. The minimum absolute atomic E-state index is 0.0531. The van der Waals surface area contributed by atoms with Gasteiger partial charge in [-0.15, -0.1) is 10.2 Å². The number of carbonyl (C=O) groups is 1. The van der Waals surface area contributed by atoms with Gasteiger partial charge in [-0.25, -0.2) is 0 Å². The quantitative estimate of drug-likeness (QED) is 0.919. The number of fused-ring (bicyclic) bond motifs is 1. The molecule has 1 aliphatic heterocycles. The number of nitrogens with zero attached hydrogens (tertiary/aromatic N) is 3. The van der Waals surface area contributed by atoms with E-state index in [1.807, 2.05) is 0 Å². The average molecular weight is 331 g/mol. The number of aromatic nitrogens is 3. The first-order valence-corrected chi connectivity index (χ1v) is 7.93. The van der Waals surface area contributed by atoms with E-state index in [4.69, 9.17) is 23.2 Å². The third kappa shape index (κ3) is 2.73. The third-order valence-electron chi connectivity index (χ3n) is 3.13. The summed E-state index contributed by atoms with van der Waals surface area (Å²) >= 11 is 13.5. The Hall–Kier alpha value is -0.980. The smallest absolute Gasteiger partial charge is 0.233 e. The Labute approximate surface area is 130 Å². The predicted octanol–water partition coefficient (Wildman–Crippen LogP) is 2.80. The summed E-state index contributed by atoms with van der Waals surface area (Å²) in [4.78, 5) is 12.0. The summed E-state index contributed by atoms with van der Waals surface area (Å²) in [6.45, 7) is 0.744. The highest BCUT2D eigenvalue weighted by atomic mass is 35.5. The van der Waals surface area contributed by atoms with Crippen LogP contribution in [0.5, 0.6) is 0 Å². The van der Waals surface area contributed by atoms with Gasteiger partial charge in [0.25, 0.3) is 0 Å². The zero-order valence-corrected chi connectivity index (χ0v) is 12.8. The molecule has 0 aliphatic carbocycles. The van der Waals surface area contributed by atoms with Crippen molar-refractivity contribution >= 4 is 46.5 Å². The zero-order chi connectivity index (χ0) is 14.1. The van der Waals surface area contributed by atoms with E-state index in [-0.39, 0.29) is 11.2 Å². The molecule has 3 heterocycles. The zero-order valence-electron chi connectivity index (χ0n) is 10.5. The number of nitrogens with one attached hydrogen (secondary N) is 1. The second-order valence-electron chi connectivity index (χ2n) is 4.58. The molecule has 0 radical (unpaired) electrons. The highest BCUT2D eigenvalue weighted by molar-refractivity contribution is 8.00. The maximum atomic E-state index is 12.0. The lowest BCUT2D eigenvalue weighted by Crippen LogP contribution is -2.30. The molecule has 0 spiro atoms. The molecule has 106 valence electrons. The minimum Gasteiger partial charge on any atom is -0.355 e. The third-order valence-corrected chi connectivity index (χ3v) is 4.84. The molecule has 0 bridgehead atoms. The van der Waals surface area contributed by atoms with E-state index in [0.29, 0.717) is 20.8 Å². The summed E-state index contributed by atoms with van der Waals surface area (Å²) in [7, 11) is 0. The highest BCUT2D eigenvalue weighted by Crippen LogP contribution is 2.30. The van der Waals surface area contributed by atoms with Gasteiger partial charge in [0.1, 0.15) is 0 Å². The van der Waals surface area contributed by atoms with E-state index in [1.165, 1.54) is 11.8 Å². The number of rotatable bonds is 2.